The first-order valence-corrected chi connectivity index (χ1v) is 4.31. The molecule has 0 saturated heterocycles. The van der Waals surface area contributed by atoms with Gasteiger partial charge in [0.25, 0.3) is 0 Å². The lowest BCUT2D eigenvalue weighted by atomic mass is 10.0. The lowest BCUT2D eigenvalue weighted by Crippen LogP contribution is -2.06. The molecule has 0 aromatic heterocycles. The molecule has 12 heavy (non-hydrogen) atoms. The average molecular weight is 183 g/mol. The van der Waals surface area contributed by atoms with Crippen LogP contribution < -0.4 is 0 Å². The highest BCUT2D eigenvalue weighted by molar-refractivity contribution is 6.63. The quantitative estimate of drug-likeness (QED) is 0.657. The molecule has 0 saturated carbocycles. The minimum Gasteiger partial charge on any atom is -0.281 e. The standard InChI is InChI=1S/C10H11ClO/c1-8(10(11)12)7-9-5-3-2-4-6-9/h2-6,8H,7H2,1H3/t8-/m1/s1. The molecule has 0 heterocycles. The Balaban J connectivity index is 2.58. The van der Waals surface area contributed by atoms with Gasteiger partial charge in [-0.1, -0.05) is 37.3 Å². The summed E-state index contributed by atoms with van der Waals surface area (Å²) in [6.07, 6.45) is 0.725. The van der Waals surface area contributed by atoms with Crippen molar-refractivity contribution in [3.63, 3.8) is 0 Å². The molecular weight excluding hydrogens is 172 g/mol. The third-order valence-electron chi connectivity index (χ3n) is 1.77. The Morgan fingerprint density at radius 2 is 2.00 bits per heavy atom. The molecular formula is C10H11ClO. The molecule has 0 aliphatic heterocycles. The van der Waals surface area contributed by atoms with Gasteiger partial charge in [0.1, 0.15) is 0 Å². The second-order valence-electron chi connectivity index (χ2n) is 2.89. The van der Waals surface area contributed by atoms with Crippen molar-refractivity contribution >= 4 is 16.8 Å². The van der Waals surface area contributed by atoms with Crippen LogP contribution in [-0.2, 0) is 11.2 Å². The van der Waals surface area contributed by atoms with E-state index >= 15 is 0 Å². The second kappa shape index (κ2) is 4.27. The molecule has 0 unspecified atom stereocenters. The first-order chi connectivity index (χ1) is 5.70. The van der Waals surface area contributed by atoms with Crippen molar-refractivity contribution in [3.05, 3.63) is 35.9 Å². The summed E-state index contributed by atoms with van der Waals surface area (Å²) in [6.45, 7) is 1.84. The van der Waals surface area contributed by atoms with Crippen LogP contribution in [0.25, 0.3) is 0 Å². The predicted octanol–water partition coefficient (Wildman–Crippen LogP) is 2.63. The summed E-state index contributed by atoms with van der Waals surface area (Å²) < 4.78 is 0. The van der Waals surface area contributed by atoms with Crippen molar-refractivity contribution in [3.8, 4) is 0 Å². The highest BCUT2D eigenvalue weighted by Gasteiger charge is 2.09. The van der Waals surface area contributed by atoms with Gasteiger partial charge in [-0.2, -0.15) is 0 Å². The van der Waals surface area contributed by atoms with Crippen LogP contribution in [0.2, 0.25) is 0 Å². The Morgan fingerprint density at radius 3 is 2.50 bits per heavy atom. The van der Waals surface area contributed by atoms with Gasteiger partial charge >= 0.3 is 0 Å². The van der Waals surface area contributed by atoms with Gasteiger partial charge in [0.2, 0.25) is 5.24 Å². The zero-order valence-electron chi connectivity index (χ0n) is 6.96. The van der Waals surface area contributed by atoms with E-state index in [0.717, 1.165) is 12.0 Å². The molecule has 0 radical (unpaired) electrons. The minimum absolute atomic E-state index is 0.0888. The zero-order valence-corrected chi connectivity index (χ0v) is 7.71. The summed E-state index contributed by atoms with van der Waals surface area (Å²) in [5.74, 6) is -0.0888. The molecule has 0 aliphatic rings. The molecule has 1 rings (SSSR count). The number of rotatable bonds is 3. The number of hydrogen-bond donors (Lipinski definition) is 0. The maximum atomic E-state index is 10.7. The summed E-state index contributed by atoms with van der Waals surface area (Å²) in [4.78, 5) is 10.7. The van der Waals surface area contributed by atoms with Gasteiger partial charge in [-0.05, 0) is 23.6 Å². The van der Waals surface area contributed by atoms with Crippen molar-refractivity contribution < 1.29 is 4.79 Å². The molecule has 0 aliphatic carbocycles. The van der Waals surface area contributed by atoms with Crippen LogP contribution in [0.1, 0.15) is 12.5 Å². The van der Waals surface area contributed by atoms with Gasteiger partial charge in [0.05, 0.1) is 0 Å². The Morgan fingerprint density at radius 1 is 1.42 bits per heavy atom. The van der Waals surface area contributed by atoms with Crippen molar-refractivity contribution in [2.75, 3.05) is 0 Å². The first-order valence-electron chi connectivity index (χ1n) is 3.93. The minimum atomic E-state index is -0.265. The summed E-state index contributed by atoms with van der Waals surface area (Å²) in [6, 6.07) is 9.87. The maximum absolute atomic E-state index is 10.7. The zero-order chi connectivity index (χ0) is 8.97. The van der Waals surface area contributed by atoms with Crippen molar-refractivity contribution in [2.24, 2.45) is 5.92 Å². The molecule has 0 fully saturated rings. The van der Waals surface area contributed by atoms with E-state index < -0.39 is 0 Å². The highest BCUT2D eigenvalue weighted by Crippen LogP contribution is 2.10. The lowest BCUT2D eigenvalue weighted by molar-refractivity contribution is -0.114. The Hall–Kier alpha value is -0.820. The van der Waals surface area contributed by atoms with E-state index in [9.17, 15) is 4.79 Å². The maximum Gasteiger partial charge on any atom is 0.224 e. The van der Waals surface area contributed by atoms with E-state index in [-0.39, 0.29) is 11.2 Å². The van der Waals surface area contributed by atoms with Crippen molar-refractivity contribution in [1.29, 1.82) is 0 Å². The topological polar surface area (TPSA) is 17.1 Å². The van der Waals surface area contributed by atoms with Crippen molar-refractivity contribution in [1.82, 2.24) is 0 Å². The van der Waals surface area contributed by atoms with Gasteiger partial charge in [-0.15, -0.1) is 0 Å². The van der Waals surface area contributed by atoms with Crippen LogP contribution in [0, 0.1) is 5.92 Å². The van der Waals surface area contributed by atoms with E-state index in [2.05, 4.69) is 0 Å². The summed E-state index contributed by atoms with van der Waals surface area (Å²) in [5.41, 5.74) is 1.15. The third-order valence-corrected chi connectivity index (χ3v) is 2.14. The first kappa shape index (κ1) is 9.27. The number of carbonyl (C=O) groups is 1. The number of halogens is 1. The predicted molar refractivity (Wildman–Crippen MR) is 50.2 cm³/mol. The average Bonchev–Trinajstić information content (AvgIpc) is 2.06. The van der Waals surface area contributed by atoms with E-state index in [1.165, 1.54) is 0 Å². The Kier molecular flexibility index (Phi) is 3.30. The lowest BCUT2D eigenvalue weighted by Gasteiger charge is -2.04. The van der Waals surface area contributed by atoms with Crippen LogP contribution in [0.3, 0.4) is 0 Å². The van der Waals surface area contributed by atoms with E-state index in [4.69, 9.17) is 11.6 Å². The van der Waals surface area contributed by atoms with Crippen LogP contribution in [0.15, 0.2) is 30.3 Å². The monoisotopic (exact) mass is 182 g/mol. The SMILES string of the molecule is C[C@H](Cc1ccccc1)C(=O)Cl. The Bertz CT molecular complexity index is 256. The third kappa shape index (κ3) is 2.67. The molecule has 2 heteroatoms. The van der Waals surface area contributed by atoms with Crippen LogP contribution in [-0.4, -0.2) is 5.24 Å². The molecule has 0 spiro atoms. The van der Waals surface area contributed by atoms with Gasteiger partial charge in [-0.3, -0.25) is 4.79 Å². The van der Waals surface area contributed by atoms with E-state index in [1.807, 2.05) is 37.3 Å². The van der Waals surface area contributed by atoms with Crippen molar-refractivity contribution in [2.45, 2.75) is 13.3 Å². The van der Waals surface area contributed by atoms with E-state index in [1.54, 1.807) is 0 Å². The van der Waals surface area contributed by atoms with Gasteiger partial charge in [0.15, 0.2) is 0 Å². The van der Waals surface area contributed by atoms with Gasteiger partial charge in [-0.25, -0.2) is 0 Å². The molecule has 0 N–H and O–H groups in total. The van der Waals surface area contributed by atoms with E-state index in [0.29, 0.717) is 0 Å². The normalized spacial score (nSPS) is 12.5. The number of hydrogen-bond acceptors (Lipinski definition) is 1. The molecule has 1 nitrogen and oxygen atoms in total. The highest BCUT2D eigenvalue weighted by atomic mass is 35.5. The van der Waals surface area contributed by atoms with Crippen LogP contribution >= 0.6 is 11.6 Å². The fraction of sp³-hybridized carbons (Fsp3) is 0.300. The fourth-order valence-electron chi connectivity index (χ4n) is 1.05. The molecule has 1 atom stereocenters. The molecule has 64 valence electrons. The summed E-state index contributed by atoms with van der Waals surface area (Å²) in [5, 5.41) is -0.265. The molecule has 1 aromatic carbocycles. The fourth-order valence-corrected chi connectivity index (χ4v) is 1.13. The number of benzene rings is 1. The second-order valence-corrected chi connectivity index (χ2v) is 3.27. The van der Waals surface area contributed by atoms with Gasteiger partial charge < -0.3 is 0 Å². The molecule has 1 aromatic rings. The molecule has 0 amide bonds. The number of carbonyl (C=O) groups excluding carboxylic acids is 1. The van der Waals surface area contributed by atoms with Gasteiger partial charge in [0, 0.05) is 5.92 Å². The smallest absolute Gasteiger partial charge is 0.224 e. The summed E-state index contributed by atoms with van der Waals surface area (Å²) in [7, 11) is 0. The summed E-state index contributed by atoms with van der Waals surface area (Å²) >= 11 is 5.34. The largest absolute Gasteiger partial charge is 0.281 e. The molecule has 0 bridgehead atoms. The van der Waals surface area contributed by atoms with Crippen LogP contribution in [0.4, 0.5) is 0 Å². The van der Waals surface area contributed by atoms with Crippen LogP contribution in [0.5, 0.6) is 0 Å². The Labute approximate surface area is 77.4 Å².